The first-order valence-corrected chi connectivity index (χ1v) is 5.81. The van der Waals surface area contributed by atoms with Gasteiger partial charge in [-0.1, -0.05) is 30.3 Å². The molecule has 0 bridgehead atoms. The summed E-state index contributed by atoms with van der Waals surface area (Å²) >= 11 is 0. The fourth-order valence-corrected chi connectivity index (χ4v) is 1.73. The molecule has 0 fully saturated rings. The molecule has 0 radical (unpaired) electrons. The van der Waals surface area contributed by atoms with Gasteiger partial charge >= 0.3 is 5.97 Å². The van der Waals surface area contributed by atoms with Crippen LogP contribution in [0.2, 0.25) is 0 Å². The SMILES string of the molecule is O=C1OC(c2cccnc2)=N/C1=C/c1ccccc1. The Bertz CT molecular complexity index is 661. The number of ether oxygens (including phenoxy) is 1. The second-order valence-corrected chi connectivity index (χ2v) is 3.99. The first-order chi connectivity index (χ1) is 9.33. The van der Waals surface area contributed by atoms with Crippen molar-refractivity contribution in [2.75, 3.05) is 0 Å². The van der Waals surface area contributed by atoms with E-state index in [1.54, 1.807) is 30.6 Å². The van der Waals surface area contributed by atoms with Crippen molar-refractivity contribution in [1.82, 2.24) is 4.98 Å². The molecule has 0 aliphatic carbocycles. The Balaban J connectivity index is 1.94. The van der Waals surface area contributed by atoms with Crippen molar-refractivity contribution in [2.45, 2.75) is 0 Å². The largest absolute Gasteiger partial charge is 0.402 e. The van der Waals surface area contributed by atoms with Gasteiger partial charge in [0.1, 0.15) is 0 Å². The summed E-state index contributed by atoms with van der Waals surface area (Å²) in [5.41, 5.74) is 1.89. The number of aromatic nitrogens is 1. The van der Waals surface area contributed by atoms with E-state index in [1.165, 1.54) is 0 Å². The summed E-state index contributed by atoms with van der Waals surface area (Å²) in [6, 6.07) is 13.1. The number of carbonyl (C=O) groups excluding carboxylic acids is 1. The molecule has 2 heterocycles. The van der Waals surface area contributed by atoms with Crippen molar-refractivity contribution in [3.05, 3.63) is 71.7 Å². The third-order valence-electron chi connectivity index (χ3n) is 2.63. The summed E-state index contributed by atoms with van der Waals surface area (Å²) in [5, 5.41) is 0. The fraction of sp³-hybridized carbons (Fsp3) is 0. The van der Waals surface area contributed by atoms with Gasteiger partial charge in [-0.15, -0.1) is 0 Å². The number of rotatable bonds is 2. The van der Waals surface area contributed by atoms with Gasteiger partial charge in [-0.25, -0.2) is 9.79 Å². The molecule has 4 nitrogen and oxygen atoms in total. The maximum absolute atomic E-state index is 11.7. The van der Waals surface area contributed by atoms with E-state index >= 15 is 0 Å². The van der Waals surface area contributed by atoms with Gasteiger partial charge < -0.3 is 4.74 Å². The van der Waals surface area contributed by atoms with Gasteiger partial charge in [0.05, 0.1) is 5.56 Å². The zero-order valence-electron chi connectivity index (χ0n) is 9.98. The zero-order chi connectivity index (χ0) is 13.1. The van der Waals surface area contributed by atoms with Crippen LogP contribution in [0.1, 0.15) is 11.1 Å². The molecule has 3 rings (SSSR count). The van der Waals surface area contributed by atoms with Crippen molar-refractivity contribution in [3.8, 4) is 0 Å². The molecule has 0 amide bonds. The van der Waals surface area contributed by atoms with E-state index in [1.807, 2.05) is 30.3 Å². The zero-order valence-corrected chi connectivity index (χ0v) is 9.98. The summed E-state index contributed by atoms with van der Waals surface area (Å²) in [4.78, 5) is 19.9. The monoisotopic (exact) mass is 250 g/mol. The van der Waals surface area contributed by atoms with Crippen LogP contribution >= 0.6 is 0 Å². The number of cyclic esters (lactones) is 1. The number of hydrogen-bond donors (Lipinski definition) is 0. The molecule has 0 saturated carbocycles. The molecule has 0 atom stereocenters. The lowest BCUT2D eigenvalue weighted by molar-refractivity contribution is -0.129. The third-order valence-corrected chi connectivity index (χ3v) is 2.63. The van der Waals surface area contributed by atoms with Crippen LogP contribution in [0.25, 0.3) is 6.08 Å². The predicted molar refractivity (Wildman–Crippen MR) is 71.3 cm³/mol. The Labute approximate surface area is 110 Å². The van der Waals surface area contributed by atoms with E-state index in [-0.39, 0.29) is 0 Å². The Morgan fingerprint density at radius 1 is 1.05 bits per heavy atom. The van der Waals surface area contributed by atoms with Crippen molar-refractivity contribution < 1.29 is 9.53 Å². The van der Waals surface area contributed by atoms with Crippen LogP contribution in [-0.4, -0.2) is 16.9 Å². The molecule has 1 aliphatic heterocycles. The molecule has 2 aromatic rings. The molecule has 0 saturated heterocycles. The average molecular weight is 250 g/mol. The van der Waals surface area contributed by atoms with Crippen LogP contribution in [0.4, 0.5) is 0 Å². The van der Waals surface area contributed by atoms with Gasteiger partial charge in [0.15, 0.2) is 5.70 Å². The first-order valence-electron chi connectivity index (χ1n) is 5.81. The highest BCUT2D eigenvalue weighted by Gasteiger charge is 2.23. The van der Waals surface area contributed by atoms with Crippen LogP contribution in [0, 0.1) is 0 Å². The van der Waals surface area contributed by atoms with E-state index in [0.717, 1.165) is 5.56 Å². The second-order valence-electron chi connectivity index (χ2n) is 3.99. The number of nitrogens with zero attached hydrogens (tertiary/aromatic N) is 2. The lowest BCUT2D eigenvalue weighted by atomic mass is 10.2. The number of pyridine rings is 1. The Morgan fingerprint density at radius 3 is 2.63 bits per heavy atom. The molecule has 1 aromatic carbocycles. The fourth-order valence-electron chi connectivity index (χ4n) is 1.73. The summed E-state index contributed by atoms with van der Waals surface area (Å²) in [5.74, 6) is -0.150. The maximum atomic E-state index is 11.7. The number of carbonyl (C=O) groups is 1. The minimum atomic E-state index is -0.442. The van der Waals surface area contributed by atoms with E-state index in [9.17, 15) is 4.79 Å². The van der Waals surface area contributed by atoms with E-state index in [2.05, 4.69) is 9.98 Å². The molecular weight excluding hydrogens is 240 g/mol. The van der Waals surface area contributed by atoms with E-state index < -0.39 is 5.97 Å². The highest BCUT2D eigenvalue weighted by molar-refractivity contribution is 6.12. The highest BCUT2D eigenvalue weighted by Crippen LogP contribution is 2.18. The number of esters is 1. The Hall–Kier alpha value is -2.75. The van der Waals surface area contributed by atoms with Crippen LogP contribution < -0.4 is 0 Å². The van der Waals surface area contributed by atoms with Crippen molar-refractivity contribution in [2.24, 2.45) is 4.99 Å². The van der Waals surface area contributed by atoms with Crippen molar-refractivity contribution in [1.29, 1.82) is 0 Å². The van der Waals surface area contributed by atoms with Crippen molar-refractivity contribution in [3.63, 3.8) is 0 Å². The number of benzene rings is 1. The second kappa shape index (κ2) is 4.86. The van der Waals surface area contributed by atoms with Gasteiger partial charge in [-0.05, 0) is 23.8 Å². The summed E-state index contributed by atoms with van der Waals surface area (Å²) in [6.07, 6.45) is 4.96. The van der Waals surface area contributed by atoms with Crippen LogP contribution in [0.15, 0.2) is 65.5 Å². The third kappa shape index (κ3) is 2.42. The Morgan fingerprint density at radius 2 is 1.89 bits per heavy atom. The molecule has 0 N–H and O–H groups in total. The van der Waals surface area contributed by atoms with E-state index in [4.69, 9.17) is 4.74 Å². The van der Waals surface area contributed by atoms with Gasteiger partial charge in [0.2, 0.25) is 5.90 Å². The molecular formula is C15H10N2O2. The van der Waals surface area contributed by atoms with E-state index in [0.29, 0.717) is 17.2 Å². The van der Waals surface area contributed by atoms with Crippen molar-refractivity contribution >= 4 is 17.9 Å². The lowest BCUT2D eigenvalue weighted by Crippen LogP contribution is -2.05. The molecule has 0 spiro atoms. The highest BCUT2D eigenvalue weighted by atomic mass is 16.6. The summed E-state index contributed by atoms with van der Waals surface area (Å²) in [6.45, 7) is 0. The molecule has 1 aliphatic rings. The first kappa shape index (κ1) is 11.3. The smallest absolute Gasteiger partial charge is 0.363 e. The molecule has 4 heteroatoms. The summed E-state index contributed by atoms with van der Waals surface area (Å²) < 4.78 is 5.13. The molecule has 0 unspecified atom stereocenters. The average Bonchev–Trinajstić information content (AvgIpc) is 2.82. The minimum Gasteiger partial charge on any atom is -0.402 e. The summed E-state index contributed by atoms with van der Waals surface area (Å²) in [7, 11) is 0. The number of hydrogen-bond acceptors (Lipinski definition) is 4. The molecule has 19 heavy (non-hydrogen) atoms. The van der Waals surface area contributed by atoms with Crippen LogP contribution in [-0.2, 0) is 9.53 Å². The van der Waals surface area contributed by atoms with Crippen LogP contribution in [0.5, 0.6) is 0 Å². The van der Waals surface area contributed by atoms with Crippen LogP contribution in [0.3, 0.4) is 0 Å². The van der Waals surface area contributed by atoms with Gasteiger partial charge in [-0.2, -0.15) is 0 Å². The normalized spacial score (nSPS) is 16.3. The van der Waals surface area contributed by atoms with Gasteiger partial charge in [0.25, 0.3) is 0 Å². The standard InChI is InChI=1S/C15H10N2O2/c18-15-13(9-11-5-2-1-3-6-11)17-14(19-15)12-7-4-8-16-10-12/h1-10H/b13-9+. The maximum Gasteiger partial charge on any atom is 0.363 e. The molecule has 1 aromatic heterocycles. The quantitative estimate of drug-likeness (QED) is 0.607. The molecule has 92 valence electrons. The Kier molecular flexibility index (Phi) is 2.90. The number of aliphatic imine (C=N–C) groups is 1. The van der Waals surface area contributed by atoms with Gasteiger partial charge in [-0.3, -0.25) is 4.98 Å². The predicted octanol–water partition coefficient (Wildman–Crippen LogP) is 2.43. The minimum absolute atomic E-state index is 0.292. The van der Waals surface area contributed by atoms with Gasteiger partial charge in [0, 0.05) is 12.4 Å². The topological polar surface area (TPSA) is 51.5 Å². The lowest BCUT2D eigenvalue weighted by Gasteiger charge is -1.96.